The smallest absolute Gasteiger partial charge is 0.259 e. The number of H-pyrrole nitrogens is 1. The number of rotatable bonds is 6. The topological polar surface area (TPSA) is 68.9 Å². The monoisotopic (exact) mass is 490 g/mol. The van der Waals surface area contributed by atoms with E-state index in [1.807, 2.05) is 27.9 Å². The maximum atomic E-state index is 14.1. The van der Waals surface area contributed by atoms with Crippen molar-refractivity contribution in [3.8, 4) is 0 Å². The fourth-order valence-electron chi connectivity index (χ4n) is 4.54. The number of hydrogen-bond donors (Lipinski definition) is 1. The molecule has 0 atom stereocenters. The molecule has 34 heavy (non-hydrogen) atoms. The first-order valence-corrected chi connectivity index (χ1v) is 11.3. The van der Waals surface area contributed by atoms with Gasteiger partial charge in [-0.05, 0) is 70.7 Å². The minimum Gasteiger partial charge on any atom is -0.378 e. The highest BCUT2D eigenvalue weighted by Crippen LogP contribution is 2.39. The Kier molecular flexibility index (Phi) is 8.17. The molecule has 1 N–H and O–H groups in total. The van der Waals surface area contributed by atoms with Gasteiger partial charge < -0.3 is 24.4 Å². The number of aromatic amines is 1. The van der Waals surface area contributed by atoms with Crippen LogP contribution in [0.1, 0.15) is 39.3 Å². The van der Waals surface area contributed by atoms with Crippen molar-refractivity contribution in [1.82, 2.24) is 14.8 Å². The first-order valence-electron chi connectivity index (χ1n) is 11.3. The van der Waals surface area contributed by atoms with Gasteiger partial charge in [0, 0.05) is 36.6 Å². The summed E-state index contributed by atoms with van der Waals surface area (Å²) in [4.78, 5) is 35.3. The van der Waals surface area contributed by atoms with Gasteiger partial charge in [-0.25, -0.2) is 4.39 Å². The summed E-state index contributed by atoms with van der Waals surface area (Å²) in [6.45, 7) is 7.33. The molecule has 9 heteroatoms. The van der Waals surface area contributed by atoms with E-state index in [-0.39, 0.29) is 30.0 Å². The normalized spacial score (nSPS) is 16.9. The van der Waals surface area contributed by atoms with Crippen LogP contribution >= 0.6 is 12.4 Å². The number of benzene rings is 1. The van der Waals surface area contributed by atoms with E-state index in [0.717, 1.165) is 29.9 Å². The van der Waals surface area contributed by atoms with Gasteiger partial charge >= 0.3 is 0 Å². The molecule has 7 nitrogen and oxygen atoms in total. The third-order valence-corrected chi connectivity index (χ3v) is 6.28. The molecule has 4 rings (SSSR count). The second-order valence-electron chi connectivity index (χ2n) is 8.90. The second-order valence-corrected chi connectivity index (χ2v) is 8.90. The van der Waals surface area contributed by atoms with Gasteiger partial charge in [-0.1, -0.05) is 0 Å². The van der Waals surface area contributed by atoms with Crippen molar-refractivity contribution in [2.45, 2.75) is 20.3 Å². The first kappa shape index (κ1) is 25.9. The molecule has 0 spiro atoms. The van der Waals surface area contributed by atoms with Crippen LogP contribution in [-0.2, 0) is 9.53 Å². The van der Waals surface area contributed by atoms with Gasteiger partial charge in [0.15, 0.2) is 0 Å². The van der Waals surface area contributed by atoms with Crippen molar-refractivity contribution >= 4 is 41.6 Å². The number of anilines is 1. The molecular weight excluding hydrogens is 459 g/mol. The number of ether oxygens (including phenoxy) is 1. The van der Waals surface area contributed by atoms with Gasteiger partial charge in [0.05, 0.1) is 30.0 Å². The number of aryl methyl sites for hydroxylation is 1. The second kappa shape index (κ2) is 10.7. The summed E-state index contributed by atoms with van der Waals surface area (Å²) >= 11 is 0. The van der Waals surface area contributed by atoms with E-state index in [0.29, 0.717) is 55.2 Å². The highest BCUT2D eigenvalue weighted by Gasteiger charge is 2.33. The minimum atomic E-state index is -0.384. The zero-order valence-corrected chi connectivity index (χ0v) is 20.9. The summed E-state index contributed by atoms with van der Waals surface area (Å²) in [5, 5.41) is 0. The third-order valence-electron chi connectivity index (χ3n) is 6.28. The van der Waals surface area contributed by atoms with Crippen LogP contribution in [0.15, 0.2) is 18.2 Å². The molecule has 1 aromatic heterocycles. The highest BCUT2D eigenvalue weighted by molar-refractivity contribution is 6.35. The summed E-state index contributed by atoms with van der Waals surface area (Å²) < 4.78 is 19.5. The largest absolute Gasteiger partial charge is 0.378 e. The van der Waals surface area contributed by atoms with Gasteiger partial charge in [0.1, 0.15) is 5.82 Å². The van der Waals surface area contributed by atoms with Crippen LogP contribution in [0, 0.1) is 19.7 Å². The van der Waals surface area contributed by atoms with E-state index >= 15 is 0 Å². The van der Waals surface area contributed by atoms with E-state index in [1.165, 1.54) is 12.1 Å². The number of fused-ring (bicyclic) bond motifs is 1. The van der Waals surface area contributed by atoms with Crippen LogP contribution in [0.5, 0.6) is 0 Å². The van der Waals surface area contributed by atoms with E-state index in [9.17, 15) is 14.0 Å². The number of halogens is 2. The number of amides is 2. The molecule has 0 radical (unpaired) electrons. The molecule has 1 fully saturated rings. The molecule has 2 aliphatic heterocycles. The molecule has 0 unspecified atom stereocenters. The van der Waals surface area contributed by atoms with E-state index in [4.69, 9.17) is 4.74 Å². The van der Waals surface area contributed by atoms with Crippen LogP contribution < -0.4 is 4.90 Å². The van der Waals surface area contributed by atoms with Crippen LogP contribution in [-0.4, -0.2) is 80.1 Å². The molecule has 1 saturated heterocycles. The molecule has 2 amide bonds. The number of nitrogens with one attached hydrogen (secondary N) is 1. The maximum absolute atomic E-state index is 14.1. The Morgan fingerprint density at radius 2 is 1.94 bits per heavy atom. The van der Waals surface area contributed by atoms with E-state index < -0.39 is 0 Å². The number of carbonyl (C=O) groups is 2. The summed E-state index contributed by atoms with van der Waals surface area (Å²) in [7, 11) is 3.99. The maximum Gasteiger partial charge on any atom is 0.259 e. The average Bonchev–Trinajstić information content (AvgIpc) is 3.21. The Morgan fingerprint density at radius 3 is 2.62 bits per heavy atom. The average molecular weight is 491 g/mol. The first-order chi connectivity index (χ1) is 15.8. The summed E-state index contributed by atoms with van der Waals surface area (Å²) in [5.41, 5.74) is 4.59. The van der Waals surface area contributed by atoms with Crippen molar-refractivity contribution in [1.29, 1.82) is 0 Å². The number of morpholine rings is 1. The van der Waals surface area contributed by atoms with Crippen molar-refractivity contribution in [3.05, 3.63) is 52.1 Å². The Labute approximate surface area is 206 Å². The molecule has 2 aromatic rings. The van der Waals surface area contributed by atoms with Gasteiger partial charge in [-0.3, -0.25) is 9.59 Å². The van der Waals surface area contributed by atoms with Gasteiger partial charge in [0.2, 0.25) is 0 Å². The number of aromatic nitrogens is 1. The van der Waals surface area contributed by atoms with Crippen LogP contribution in [0.25, 0.3) is 11.6 Å². The van der Waals surface area contributed by atoms with Crippen molar-refractivity contribution in [2.24, 2.45) is 0 Å². The molecular formula is C25H32ClFN4O3. The lowest BCUT2D eigenvalue weighted by Crippen LogP contribution is -2.41. The molecule has 0 saturated carbocycles. The Hall–Kier alpha value is -2.68. The Morgan fingerprint density at radius 1 is 1.24 bits per heavy atom. The standard InChI is InChI=1S/C25H31FN4O3.ClH/c1-16-21(27-17(2)23(16)25(32)29-10-12-33-13-11-29)15-20-19-14-18(26)6-7-22(19)30(24(20)31)9-5-8-28(3)4;/h6-7,14-15,27H,5,8-13H2,1-4H3;1H/b20-15-;. The molecule has 184 valence electrons. The fraction of sp³-hybridized carbons (Fsp3) is 0.440. The minimum absolute atomic E-state index is 0. The quantitative estimate of drug-likeness (QED) is 0.629. The van der Waals surface area contributed by atoms with Crippen molar-refractivity contribution in [2.75, 3.05) is 58.4 Å². The highest BCUT2D eigenvalue weighted by atomic mass is 35.5. The van der Waals surface area contributed by atoms with Gasteiger partial charge in [0.25, 0.3) is 11.8 Å². The number of carbonyl (C=O) groups excluding carboxylic acids is 2. The summed E-state index contributed by atoms with van der Waals surface area (Å²) in [6, 6.07) is 4.46. The van der Waals surface area contributed by atoms with Gasteiger partial charge in [-0.2, -0.15) is 0 Å². The van der Waals surface area contributed by atoms with E-state index in [1.54, 1.807) is 21.9 Å². The van der Waals surface area contributed by atoms with Crippen LogP contribution in [0.3, 0.4) is 0 Å². The zero-order chi connectivity index (χ0) is 23.7. The molecule has 0 bridgehead atoms. The Bertz CT molecular complexity index is 1110. The third kappa shape index (κ3) is 5.04. The van der Waals surface area contributed by atoms with Gasteiger partial charge in [-0.15, -0.1) is 12.4 Å². The van der Waals surface area contributed by atoms with Crippen LogP contribution in [0.2, 0.25) is 0 Å². The van der Waals surface area contributed by atoms with Crippen molar-refractivity contribution < 1.29 is 18.7 Å². The lowest BCUT2D eigenvalue weighted by atomic mass is 10.0. The summed E-state index contributed by atoms with van der Waals surface area (Å²) in [5.74, 6) is -0.573. The Balaban J connectivity index is 0.00000324. The molecule has 2 aliphatic rings. The summed E-state index contributed by atoms with van der Waals surface area (Å²) in [6.07, 6.45) is 2.56. The fourth-order valence-corrected chi connectivity index (χ4v) is 4.54. The predicted octanol–water partition coefficient (Wildman–Crippen LogP) is 3.50. The zero-order valence-electron chi connectivity index (χ0n) is 20.1. The van der Waals surface area contributed by atoms with Crippen LogP contribution in [0.4, 0.5) is 10.1 Å². The predicted molar refractivity (Wildman–Crippen MR) is 134 cm³/mol. The molecule has 1 aromatic carbocycles. The lowest BCUT2D eigenvalue weighted by Gasteiger charge is -2.27. The van der Waals surface area contributed by atoms with E-state index in [2.05, 4.69) is 9.88 Å². The molecule has 3 heterocycles. The number of nitrogens with zero attached hydrogens (tertiary/aromatic N) is 3. The SMILES string of the molecule is Cc1[nH]c(/C=C2\C(=O)N(CCCN(C)C)c3ccc(F)cc32)c(C)c1C(=O)N1CCOCC1.Cl. The number of hydrogen-bond acceptors (Lipinski definition) is 4. The van der Waals surface area contributed by atoms with Crippen molar-refractivity contribution in [3.63, 3.8) is 0 Å². The lowest BCUT2D eigenvalue weighted by molar-refractivity contribution is -0.113. The molecule has 0 aliphatic carbocycles.